The number of hydrogen-bond acceptors (Lipinski definition) is 6. The number of aliphatic hydroxyl groups is 1. The molecular weight excluding hydrogens is 466 g/mol. The second kappa shape index (κ2) is 11.3. The lowest BCUT2D eigenvalue weighted by Crippen LogP contribution is -2.28. The Bertz CT molecular complexity index is 1180. The van der Waals surface area contributed by atoms with Crippen LogP contribution in [0.25, 0.3) is 0 Å². The van der Waals surface area contributed by atoms with Crippen molar-refractivity contribution in [2.24, 2.45) is 0 Å². The van der Waals surface area contributed by atoms with E-state index >= 15 is 0 Å². The third kappa shape index (κ3) is 7.41. The van der Waals surface area contributed by atoms with Gasteiger partial charge in [0.15, 0.2) is 0 Å². The van der Waals surface area contributed by atoms with Crippen molar-refractivity contribution in [1.29, 1.82) is 0 Å². The molecule has 0 bridgehead atoms. The lowest BCUT2D eigenvalue weighted by Gasteiger charge is -2.23. The topological polar surface area (TPSA) is 108 Å². The lowest BCUT2D eigenvalue weighted by atomic mass is 9.98. The van der Waals surface area contributed by atoms with Gasteiger partial charge >= 0.3 is 6.61 Å². The Hall–Kier alpha value is -3.21. The molecule has 2 atom stereocenters. The number of phenols is 1. The number of rotatable bonds is 11. The zero-order valence-corrected chi connectivity index (χ0v) is 19.2. The standard InChI is InChI=1S/C24H26F2N2O5S/c1-34(31,32)28-20-9-5-8-19(23(20)30)22(29)15-27-21(14-16-6-3-2-4-7-16)17-10-12-18(13-11-17)33-24(25)26/h2-13,21-22,24,27-30H,14-15H2,1H3/t21-,22-/m0/s1. The van der Waals surface area contributed by atoms with Gasteiger partial charge in [-0.1, -0.05) is 54.6 Å². The smallest absolute Gasteiger partial charge is 0.387 e. The number of aromatic hydroxyl groups is 1. The quantitative estimate of drug-likeness (QED) is 0.302. The first-order chi connectivity index (χ1) is 16.1. The molecule has 0 fully saturated rings. The van der Waals surface area contributed by atoms with Gasteiger partial charge in [0.25, 0.3) is 0 Å². The van der Waals surface area contributed by atoms with Gasteiger partial charge in [-0.15, -0.1) is 0 Å². The summed E-state index contributed by atoms with van der Waals surface area (Å²) in [7, 11) is -3.61. The maximum atomic E-state index is 12.5. The van der Waals surface area contributed by atoms with Crippen molar-refractivity contribution in [3.63, 3.8) is 0 Å². The summed E-state index contributed by atoms with van der Waals surface area (Å²) >= 11 is 0. The monoisotopic (exact) mass is 492 g/mol. The zero-order chi connectivity index (χ0) is 24.7. The SMILES string of the molecule is CS(=O)(=O)Nc1cccc([C@@H](O)CN[C@@H](Cc2ccccc2)c2ccc(OC(F)F)cc2)c1O. The van der Waals surface area contributed by atoms with Crippen molar-refractivity contribution < 1.29 is 32.1 Å². The Kier molecular flexibility index (Phi) is 8.43. The van der Waals surface area contributed by atoms with Crippen LogP contribution in [0.1, 0.15) is 28.8 Å². The minimum Gasteiger partial charge on any atom is -0.505 e. The number of ether oxygens (including phenoxy) is 1. The Morgan fingerprint density at radius 1 is 0.971 bits per heavy atom. The Morgan fingerprint density at radius 2 is 1.65 bits per heavy atom. The average Bonchev–Trinajstić information content (AvgIpc) is 2.78. The molecule has 182 valence electrons. The third-order valence-electron chi connectivity index (χ3n) is 5.07. The van der Waals surface area contributed by atoms with E-state index in [4.69, 9.17) is 0 Å². The molecule has 3 aromatic rings. The molecule has 0 heterocycles. The van der Waals surface area contributed by atoms with Crippen LogP contribution in [0, 0.1) is 0 Å². The summed E-state index contributed by atoms with van der Waals surface area (Å²) in [5.41, 5.74) is 1.92. The number of nitrogens with one attached hydrogen (secondary N) is 2. The van der Waals surface area contributed by atoms with Crippen LogP contribution >= 0.6 is 0 Å². The van der Waals surface area contributed by atoms with Crippen LogP contribution in [0.2, 0.25) is 0 Å². The van der Waals surface area contributed by atoms with Gasteiger partial charge in [-0.2, -0.15) is 8.78 Å². The number of aliphatic hydroxyl groups excluding tert-OH is 1. The molecular formula is C24H26F2N2O5S. The second-order valence-electron chi connectivity index (χ2n) is 7.73. The molecule has 0 radical (unpaired) electrons. The van der Waals surface area contributed by atoms with Crippen LogP contribution in [-0.4, -0.2) is 38.0 Å². The predicted octanol–water partition coefficient (Wildman–Crippen LogP) is 3.97. The summed E-state index contributed by atoms with van der Waals surface area (Å²) in [5, 5.41) is 24.4. The highest BCUT2D eigenvalue weighted by Crippen LogP contribution is 2.32. The molecule has 3 rings (SSSR count). The molecule has 0 saturated heterocycles. The van der Waals surface area contributed by atoms with Crippen LogP contribution < -0.4 is 14.8 Å². The number of benzene rings is 3. The van der Waals surface area contributed by atoms with Crippen molar-refractivity contribution in [3.8, 4) is 11.5 Å². The Labute approximate surface area is 197 Å². The van der Waals surface area contributed by atoms with Gasteiger partial charge in [-0.25, -0.2) is 8.42 Å². The number of hydrogen-bond donors (Lipinski definition) is 4. The van der Waals surface area contributed by atoms with Crippen molar-refractivity contribution in [1.82, 2.24) is 5.32 Å². The summed E-state index contributed by atoms with van der Waals surface area (Å²) in [6, 6.07) is 19.9. The Balaban J connectivity index is 1.78. The number of alkyl halides is 2. The lowest BCUT2D eigenvalue weighted by molar-refractivity contribution is -0.0498. The zero-order valence-electron chi connectivity index (χ0n) is 18.4. The van der Waals surface area contributed by atoms with Gasteiger partial charge in [0, 0.05) is 18.2 Å². The molecule has 0 aliphatic rings. The van der Waals surface area contributed by atoms with E-state index in [0.717, 1.165) is 17.4 Å². The fraction of sp³-hybridized carbons (Fsp3) is 0.250. The van der Waals surface area contributed by atoms with Gasteiger partial charge in [0.05, 0.1) is 18.0 Å². The van der Waals surface area contributed by atoms with Crippen molar-refractivity contribution in [2.75, 3.05) is 17.5 Å². The normalized spacial score (nSPS) is 13.4. The number of phenolic OH excluding ortho intramolecular Hbond substituents is 1. The van der Waals surface area contributed by atoms with E-state index in [1.54, 1.807) is 12.1 Å². The first-order valence-corrected chi connectivity index (χ1v) is 12.3. The fourth-order valence-electron chi connectivity index (χ4n) is 3.52. The third-order valence-corrected chi connectivity index (χ3v) is 5.66. The molecule has 7 nitrogen and oxygen atoms in total. The van der Waals surface area contributed by atoms with E-state index in [-0.39, 0.29) is 35.3 Å². The van der Waals surface area contributed by atoms with Crippen LogP contribution in [0.3, 0.4) is 0 Å². The number of para-hydroxylation sites is 1. The number of sulfonamides is 1. The van der Waals surface area contributed by atoms with Gasteiger partial charge < -0.3 is 20.3 Å². The number of halogens is 2. The summed E-state index contributed by atoms with van der Waals surface area (Å²) in [4.78, 5) is 0. The molecule has 10 heteroatoms. The summed E-state index contributed by atoms with van der Waals surface area (Å²) in [5.74, 6) is -0.326. The summed E-state index contributed by atoms with van der Waals surface area (Å²) in [6.45, 7) is -2.89. The van der Waals surface area contributed by atoms with E-state index in [0.29, 0.717) is 6.42 Å². The molecule has 0 saturated carbocycles. The van der Waals surface area contributed by atoms with Crippen molar-refractivity contribution >= 4 is 15.7 Å². The van der Waals surface area contributed by atoms with Gasteiger partial charge in [-0.3, -0.25) is 4.72 Å². The maximum absolute atomic E-state index is 12.5. The second-order valence-corrected chi connectivity index (χ2v) is 9.48. The molecule has 0 unspecified atom stereocenters. The van der Waals surface area contributed by atoms with Gasteiger partial charge in [0.2, 0.25) is 10.0 Å². The van der Waals surface area contributed by atoms with Crippen molar-refractivity contribution in [2.45, 2.75) is 25.2 Å². The predicted molar refractivity (Wildman–Crippen MR) is 125 cm³/mol. The van der Waals surface area contributed by atoms with E-state index in [2.05, 4.69) is 14.8 Å². The molecule has 0 aromatic heterocycles. The highest BCUT2D eigenvalue weighted by atomic mass is 32.2. The fourth-order valence-corrected chi connectivity index (χ4v) is 4.08. The molecule has 3 aromatic carbocycles. The average molecular weight is 493 g/mol. The van der Waals surface area contributed by atoms with Crippen molar-refractivity contribution in [3.05, 3.63) is 89.5 Å². The maximum Gasteiger partial charge on any atom is 0.387 e. The molecule has 0 spiro atoms. The highest BCUT2D eigenvalue weighted by Gasteiger charge is 2.20. The Morgan fingerprint density at radius 3 is 2.26 bits per heavy atom. The first kappa shape index (κ1) is 25.4. The first-order valence-electron chi connectivity index (χ1n) is 10.4. The van der Waals surface area contributed by atoms with E-state index in [1.165, 1.54) is 30.3 Å². The van der Waals surface area contributed by atoms with E-state index < -0.39 is 22.7 Å². The molecule has 0 amide bonds. The van der Waals surface area contributed by atoms with Gasteiger partial charge in [0.1, 0.15) is 11.5 Å². The minimum absolute atomic E-state index is 0.0304. The van der Waals surface area contributed by atoms with Crippen LogP contribution in [0.5, 0.6) is 11.5 Å². The summed E-state index contributed by atoms with van der Waals surface area (Å²) in [6.07, 6.45) is 0.355. The van der Waals surface area contributed by atoms with E-state index in [1.807, 2.05) is 30.3 Å². The van der Waals surface area contributed by atoms with Crippen LogP contribution in [0.4, 0.5) is 14.5 Å². The molecule has 4 N–H and O–H groups in total. The van der Waals surface area contributed by atoms with Crippen LogP contribution in [0.15, 0.2) is 72.8 Å². The minimum atomic E-state index is -3.61. The number of anilines is 1. The summed E-state index contributed by atoms with van der Waals surface area (Å²) < 4.78 is 54.6. The highest BCUT2D eigenvalue weighted by molar-refractivity contribution is 7.92. The van der Waals surface area contributed by atoms with Gasteiger partial charge in [-0.05, 0) is 35.7 Å². The van der Waals surface area contributed by atoms with E-state index in [9.17, 15) is 27.4 Å². The van der Waals surface area contributed by atoms with Crippen LogP contribution in [-0.2, 0) is 16.4 Å². The molecule has 0 aliphatic heterocycles. The molecule has 34 heavy (non-hydrogen) atoms. The molecule has 0 aliphatic carbocycles. The largest absolute Gasteiger partial charge is 0.505 e.